The Bertz CT molecular complexity index is 567. The van der Waals surface area contributed by atoms with E-state index in [9.17, 15) is 4.39 Å². The Kier molecular flexibility index (Phi) is 4.45. The quantitative estimate of drug-likeness (QED) is 0.815. The monoisotopic (exact) mass is 274 g/mol. The van der Waals surface area contributed by atoms with E-state index in [4.69, 9.17) is 10.5 Å². The van der Waals surface area contributed by atoms with E-state index in [0.29, 0.717) is 18.0 Å². The molecule has 0 atom stereocenters. The van der Waals surface area contributed by atoms with Crippen molar-refractivity contribution in [2.24, 2.45) is 0 Å². The second-order valence-corrected chi connectivity index (χ2v) is 4.90. The largest absolute Gasteiger partial charge is 0.489 e. The second kappa shape index (κ2) is 6.28. The molecule has 20 heavy (non-hydrogen) atoms. The highest BCUT2D eigenvalue weighted by Gasteiger charge is 2.04. The summed E-state index contributed by atoms with van der Waals surface area (Å²) in [4.78, 5) is 0. The molecule has 3 N–H and O–H groups in total. The molecule has 0 amide bonds. The molecule has 0 aliphatic heterocycles. The maximum Gasteiger partial charge on any atom is 0.144 e. The molecule has 0 saturated carbocycles. The summed E-state index contributed by atoms with van der Waals surface area (Å²) in [7, 11) is 0. The van der Waals surface area contributed by atoms with Gasteiger partial charge < -0.3 is 15.8 Å². The minimum atomic E-state index is -0.228. The minimum absolute atomic E-state index is 0.0737. The van der Waals surface area contributed by atoms with Gasteiger partial charge in [-0.05, 0) is 43.7 Å². The molecule has 0 heterocycles. The number of hydrogen-bond acceptors (Lipinski definition) is 3. The summed E-state index contributed by atoms with van der Waals surface area (Å²) in [5.74, 6) is 0.443. The lowest BCUT2D eigenvalue weighted by Crippen LogP contribution is -2.08. The Balaban J connectivity index is 2.04. The molecule has 2 rings (SSSR count). The molecule has 2 aromatic rings. The molecule has 0 aliphatic rings. The number of benzene rings is 2. The summed E-state index contributed by atoms with van der Waals surface area (Å²) >= 11 is 0. The fraction of sp³-hybridized carbons (Fsp3) is 0.250. The van der Waals surface area contributed by atoms with Crippen LogP contribution in [0.2, 0.25) is 0 Å². The Morgan fingerprint density at radius 1 is 1.15 bits per heavy atom. The molecule has 0 fully saturated rings. The lowest BCUT2D eigenvalue weighted by molar-refractivity contribution is 0.244. The molecule has 0 spiro atoms. The van der Waals surface area contributed by atoms with E-state index in [2.05, 4.69) is 5.32 Å². The van der Waals surface area contributed by atoms with Gasteiger partial charge in [0, 0.05) is 18.3 Å². The Labute approximate surface area is 118 Å². The summed E-state index contributed by atoms with van der Waals surface area (Å²) in [6.07, 6.45) is 0.0737. The van der Waals surface area contributed by atoms with E-state index in [-0.39, 0.29) is 11.9 Å². The summed E-state index contributed by atoms with van der Waals surface area (Å²) < 4.78 is 18.5. The number of nitrogens with two attached hydrogens (primary N) is 1. The average molecular weight is 274 g/mol. The molecule has 3 nitrogen and oxygen atoms in total. The third kappa shape index (κ3) is 3.88. The zero-order valence-corrected chi connectivity index (χ0v) is 11.7. The van der Waals surface area contributed by atoms with Crippen LogP contribution in [0.25, 0.3) is 0 Å². The minimum Gasteiger partial charge on any atom is -0.489 e. The van der Waals surface area contributed by atoms with Crippen LogP contribution in [0.15, 0.2) is 42.5 Å². The van der Waals surface area contributed by atoms with Crippen molar-refractivity contribution in [3.05, 3.63) is 53.8 Å². The summed E-state index contributed by atoms with van der Waals surface area (Å²) in [5.41, 5.74) is 8.41. The van der Waals surface area contributed by atoms with Crippen LogP contribution in [-0.2, 0) is 6.54 Å². The van der Waals surface area contributed by atoms with Crippen LogP contribution in [0.3, 0.4) is 0 Å². The van der Waals surface area contributed by atoms with Crippen molar-refractivity contribution in [1.82, 2.24) is 0 Å². The van der Waals surface area contributed by atoms with Crippen molar-refractivity contribution in [3.63, 3.8) is 0 Å². The molecule has 4 heteroatoms. The van der Waals surface area contributed by atoms with Gasteiger partial charge in [0.2, 0.25) is 0 Å². The lowest BCUT2D eigenvalue weighted by Gasteiger charge is -2.14. The van der Waals surface area contributed by atoms with Crippen molar-refractivity contribution >= 4 is 11.4 Å². The van der Waals surface area contributed by atoms with E-state index in [0.717, 1.165) is 11.3 Å². The van der Waals surface area contributed by atoms with Crippen molar-refractivity contribution in [2.45, 2.75) is 26.5 Å². The fourth-order valence-corrected chi connectivity index (χ4v) is 1.81. The number of hydrogen-bond donors (Lipinski definition) is 2. The normalized spacial score (nSPS) is 10.6. The van der Waals surface area contributed by atoms with Crippen LogP contribution in [-0.4, -0.2) is 6.10 Å². The molecule has 2 aromatic carbocycles. The van der Waals surface area contributed by atoms with Crippen LogP contribution in [0.4, 0.5) is 15.8 Å². The average Bonchev–Trinajstić information content (AvgIpc) is 2.41. The molecular formula is C16H19FN2O. The molecule has 0 aliphatic carbocycles. The molecule has 0 aromatic heterocycles. The third-order valence-corrected chi connectivity index (χ3v) is 2.79. The Morgan fingerprint density at radius 2 is 1.85 bits per heavy atom. The van der Waals surface area contributed by atoms with E-state index in [1.165, 1.54) is 12.1 Å². The SMILES string of the molecule is CC(C)Oc1cc(NCc2ccc(F)cc2)ccc1N. The van der Waals surface area contributed by atoms with Gasteiger partial charge in [0.1, 0.15) is 11.6 Å². The summed E-state index contributed by atoms with van der Waals surface area (Å²) in [6, 6.07) is 12.0. The van der Waals surface area contributed by atoms with E-state index < -0.39 is 0 Å². The molecule has 0 bridgehead atoms. The van der Waals surface area contributed by atoms with Gasteiger partial charge in [-0.25, -0.2) is 4.39 Å². The van der Waals surface area contributed by atoms with Gasteiger partial charge in [0.25, 0.3) is 0 Å². The van der Waals surface area contributed by atoms with E-state index >= 15 is 0 Å². The fourth-order valence-electron chi connectivity index (χ4n) is 1.81. The first kappa shape index (κ1) is 14.2. The summed E-state index contributed by atoms with van der Waals surface area (Å²) in [5, 5.41) is 3.26. The predicted octanol–water partition coefficient (Wildman–Crippen LogP) is 3.81. The van der Waals surface area contributed by atoms with Crippen molar-refractivity contribution in [1.29, 1.82) is 0 Å². The van der Waals surface area contributed by atoms with Gasteiger partial charge in [-0.3, -0.25) is 0 Å². The van der Waals surface area contributed by atoms with Crippen molar-refractivity contribution < 1.29 is 9.13 Å². The molecule has 0 radical (unpaired) electrons. The zero-order valence-electron chi connectivity index (χ0n) is 11.7. The first-order valence-corrected chi connectivity index (χ1v) is 6.59. The maximum absolute atomic E-state index is 12.8. The van der Waals surface area contributed by atoms with Gasteiger partial charge in [-0.2, -0.15) is 0 Å². The third-order valence-electron chi connectivity index (χ3n) is 2.79. The maximum atomic E-state index is 12.8. The molecule has 0 saturated heterocycles. The van der Waals surface area contributed by atoms with Gasteiger partial charge >= 0.3 is 0 Å². The van der Waals surface area contributed by atoms with Gasteiger partial charge in [-0.15, -0.1) is 0 Å². The standard InChI is InChI=1S/C16H19FN2O/c1-11(2)20-16-9-14(7-8-15(16)18)19-10-12-3-5-13(17)6-4-12/h3-9,11,19H,10,18H2,1-2H3. The van der Waals surface area contributed by atoms with E-state index in [1.54, 1.807) is 12.1 Å². The topological polar surface area (TPSA) is 47.3 Å². The number of anilines is 2. The van der Waals surface area contributed by atoms with Crippen LogP contribution in [0.1, 0.15) is 19.4 Å². The molecule has 106 valence electrons. The van der Waals surface area contributed by atoms with Crippen LogP contribution in [0, 0.1) is 5.82 Å². The van der Waals surface area contributed by atoms with Gasteiger partial charge in [-0.1, -0.05) is 12.1 Å². The molecule has 0 unspecified atom stereocenters. The Hall–Kier alpha value is -2.23. The Morgan fingerprint density at radius 3 is 2.50 bits per heavy atom. The first-order chi connectivity index (χ1) is 9.54. The predicted molar refractivity (Wildman–Crippen MR) is 80.3 cm³/mol. The number of halogens is 1. The highest BCUT2D eigenvalue weighted by molar-refractivity contribution is 5.61. The number of ether oxygens (including phenoxy) is 1. The molecular weight excluding hydrogens is 255 g/mol. The smallest absolute Gasteiger partial charge is 0.144 e. The van der Waals surface area contributed by atoms with Crippen LogP contribution < -0.4 is 15.8 Å². The highest BCUT2D eigenvalue weighted by atomic mass is 19.1. The zero-order chi connectivity index (χ0) is 14.5. The van der Waals surface area contributed by atoms with Gasteiger partial charge in [0.05, 0.1) is 11.8 Å². The lowest BCUT2D eigenvalue weighted by atomic mass is 10.2. The van der Waals surface area contributed by atoms with E-state index in [1.807, 2.05) is 32.0 Å². The highest BCUT2D eigenvalue weighted by Crippen LogP contribution is 2.26. The van der Waals surface area contributed by atoms with Crippen molar-refractivity contribution in [3.8, 4) is 5.75 Å². The van der Waals surface area contributed by atoms with Crippen LogP contribution >= 0.6 is 0 Å². The number of rotatable bonds is 5. The number of nitrogen functional groups attached to an aromatic ring is 1. The summed E-state index contributed by atoms with van der Waals surface area (Å²) in [6.45, 7) is 4.53. The number of nitrogens with one attached hydrogen (secondary N) is 1. The van der Waals surface area contributed by atoms with Crippen molar-refractivity contribution in [2.75, 3.05) is 11.1 Å². The second-order valence-electron chi connectivity index (χ2n) is 4.90. The van der Waals surface area contributed by atoms with Crippen LogP contribution in [0.5, 0.6) is 5.75 Å². The first-order valence-electron chi connectivity index (χ1n) is 6.59. The van der Waals surface area contributed by atoms with Gasteiger partial charge in [0.15, 0.2) is 0 Å².